The molecule has 0 spiro atoms. The van der Waals surface area contributed by atoms with Crippen LogP contribution in [0.15, 0.2) is 67.3 Å². The van der Waals surface area contributed by atoms with E-state index >= 15 is 0 Å². The molecular formula is C22H24N2O4. The summed E-state index contributed by atoms with van der Waals surface area (Å²) in [5.74, 6) is 0.542. The van der Waals surface area contributed by atoms with Crippen molar-refractivity contribution < 1.29 is 19.1 Å². The first-order valence-electron chi connectivity index (χ1n) is 8.80. The van der Waals surface area contributed by atoms with Crippen LogP contribution in [0.2, 0.25) is 0 Å². The van der Waals surface area contributed by atoms with Crippen LogP contribution in [0.4, 0.5) is 0 Å². The zero-order valence-electron chi connectivity index (χ0n) is 15.8. The Morgan fingerprint density at radius 1 is 1.07 bits per heavy atom. The Morgan fingerprint density at radius 2 is 1.86 bits per heavy atom. The summed E-state index contributed by atoms with van der Waals surface area (Å²) < 4.78 is 10.8. The van der Waals surface area contributed by atoms with Gasteiger partial charge in [-0.2, -0.15) is 0 Å². The lowest BCUT2D eigenvalue weighted by Crippen LogP contribution is -2.35. The fourth-order valence-electron chi connectivity index (χ4n) is 2.31. The molecule has 0 unspecified atom stereocenters. The van der Waals surface area contributed by atoms with E-state index in [0.29, 0.717) is 24.7 Å². The fraction of sp³-hybridized carbons (Fsp3) is 0.182. The van der Waals surface area contributed by atoms with Gasteiger partial charge in [-0.05, 0) is 29.3 Å². The Bertz CT molecular complexity index is 832. The molecule has 2 N–H and O–H groups in total. The molecule has 0 aliphatic heterocycles. The second-order valence-electron chi connectivity index (χ2n) is 5.82. The third-order valence-corrected chi connectivity index (χ3v) is 3.73. The number of carbonyl (C=O) groups is 2. The number of nitrogens with one attached hydrogen (secondary N) is 2. The van der Waals surface area contributed by atoms with Gasteiger partial charge < -0.3 is 20.1 Å². The number of ether oxygens (including phenoxy) is 2. The third-order valence-electron chi connectivity index (χ3n) is 3.73. The first-order chi connectivity index (χ1) is 13.6. The first-order valence-corrected chi connectivity index (χ1v) is 8.80. The Kier molecular flexibility index (Phi) is 8.33. The van der Waals surface area contributed by atoms with Crippen LogP contribution in [0.25, 0.3) is 6.08 Å². The van der Waals surface area contributed by atoms with Crippen LogP contribution in [0.1, 0.15) is 11.1 Å². The van der Waals surface area contributed by atoms with E-state index in [2.05, 4.69) is 17.2 Å². The Hall–Kier alpha value is -3.54. The average molecular weight is 380 g/mol. The Labute approximate surface area is 164 Å². The molecule has 2 amide bonds. The third kappa shape index (κ3) is 6.99. The highest BCUT2D eigenvalue weighted by Gasteiger charge is 2.05. The van der Waals surface area contributed by atoms with E-state index in [4.69, 9.17) is 9.47 Å². The summed E-state index contributed by atoms with van der Waals surface area (Å²) in [5.41, 5.74) is 1.77. The molecule has 28 heavy (non-hydrogen) atoms. The summed E-state index contributed by atoms with van der Waals surface area (Å²) in [7, 11) is 1.55. The van der Waals surface area contributed by atoms with Crippen LogP contribution in [-0.2, 0) is 16.1 Å². The van der Waals surface area contributed by atoms with Crippen molar-refractivity contribution in [2.45, 2.75) is 6.54 Å². The van der Waals surface area contributed by atoms with Gasteiger partial charge >= 0.3 is 0 Å². The molecule has 6 nitrogen and oxygen atoms in total. The normalized spacial score (nSPS) is 10.3. The number of hydrogen-bond acceptors (Lipinski definition) is 4. The number of methoxy groups -OCH3 is 1. The Morgan fingerprint density at radius 3 is 2.57 bits per heavy atom. The molecule has 0 fully saturated rings. The van der Waals surface area contributed by atoms with Crippen LogP contribution in [0, 0.1) is 0 Å². The molecule has 0 bridgehead atoms. The number of benzene rings is 2. The summed E-state index contributed by atoms with van der Waals surface area (Å²) >= 11 is 0. The van der Waals surface area contributed by atoms with Gasteiger partial charge in [-0.25, -0.2) is 0 Å². The van der Waals surface area contributed by atoms with Crippen molar-refractivity contribution in [3.8, 4) is 11.5 Å². The molecule has 2 aromatic carbocycles. The van der Waals surface area contributed by atoms with Crippen LogP contribution in [-0.4, -0.2) is 32.1 Å². The predicted molar refractivity (Wildman–Crippen MR) is 109 cm³/mol. The average Bonchev–Trinajstić information content (AvgIpc) is 2.74. The highest BCUT2D eigenvalue weighted by atomic mass is 16.5. The summed E-state index contributed by atoms with van der Waals surface area (Å²) in [4.78, 5) is 23.7. The number of carbonyl (C=O) groups excluding carboxylic acids is 2. The molecule has 0 saturated carbocycles. The largest absolute Gasteiger partial charge is 0.493 e. The lowest BCUT2D eigenvalue weighted by atomic mass is 10.2. The summed E-state index contributed by atoms with van der Waals surface area (Å²) in [6, 6.07) is 14.9. The molecule has 0 saturated heterocycles. The molecule has 0 heterocycles. The maximum Gasteiger partial charge on any atom is 0.244 e. The van der Waals surface area contributed by atoms with E-state index in [1.807, 2.05) is 30.3 Å². The first kappa shape index (κ1) is 20.8. The topological polar surface area (TPSA) is 76.7 Å². The van der Waals surface area contributed by atoms with Gasteiger partial charge in [0.25, 0.3) is 0 Å². The zero-order valence-corrected chi connectivity index (χ0v) is 15.8. The number of rotatable bonds is 10. The molecule has 0 aliphatic carbocycles. The van der Waals surface area contributed by atoms with Gasteiger partial charge in [0, 0.05) is 12.6 Å². The van der Waals surface area contributed by atoms with Crippen LogP contribution >= 0.6 is 0 Å². The zero-order chi connectivity index (χ0) is 20.2. The molecule has 2 aromatic rings. The minimum atomic E-state index is -0.360. The summed E-state index contributed by atoms with van der Waals surface area (Å²) in [5, 5.41) is 5.30. The Balaban J connectivity index is 1.80. The summed E-state index contributed by atoms with van der Waals surface area (Å²) in [6.45, 7) is 4.31. The molecular weight excluding hydrogens is 356 g/mol. The predicted octanol–water partition coefficient (Wildman–Crippen LogP) is 2.71. The molecule has 0 atom stereocenters. The van der Waals surface area contributed by atoms with Crippen LogP contribution in [0.3, 0.4) is 0 Å². The van der Waals surface area contributed by atoms with Gasteiger partial charge in [-0.15, -0.1) is 0 Å². The van der Waals surface area contributed by atoms with Gasteiger partial charge in [-0.1, -0.05) is 49.1 Å². The van der Waals surface area contributed by atoms with Gasteiger partial charge in [0.1, 0.15) is 6.61 Å². The van der Waals surface area contributed by atoms with Crippen LogP contribution < -0.4 is 20.1 Å². The fourth-order valence-corrected chi connectivity index (χ4v) is 2.31. The lowest BCUT2D eigenvalue weighted by Gasteiger charge is -2.09. The monoisotopic (exact) mass is 380 g/mol. The maximum absolute atomic E-state index is 11.9. The van der Waals surface area contributed by atoms with E-state index in [0.717, 1.165) is 11.1 Å². The standard InChI is InChI=1S/C22H24N2O4/c1-3-13-28-19-11-9-17(14-20(19)27-2)10-12-21(25)24-16-22(26)23-15-18-7-5-4-6-8-18/h3-12,14H,1,13,15-16H2,2H3,(H,23,26)(H,24,25)/b12-10+. The second kappa shape index (κ2) is 11.2. The van der Waals surface area contributed by atoms with Crippen LogP contribution in [0.5, 0.6) is 11.5 Å². The lowest BCUT2D eigenvalue weighted by molar-refractivity contribution is -0.124. The van der Waals surface area contributed by atoms with Gasteiger partial charge in [0.15, 0.2) is 11.5 Å². The van der Waals surface area contributed by atoms with E-state index in [9.17, 15) is 9.59 Å². The highest BCUT2D eigenvalue weighted by Crippen LogP contribution is 2.28. The van der Waals surface area contributed by atoms with Crippen molar-refractivity contribution in [1.29, 1.82) is 0 Å². The van der Waals surface area contributed by atoms with Crippen molar-refractivity contribution in [2.24, 2.45) is 0 Å². The SMILES string of the molecule is C=CCOc1ccc(/C=C/C(=O)NCC(=O)NCc2ccccc2)cc1OC. The summed E-state index contributed by atoms with van der Waals surface area (Å²) in [6.07, 6.45) is 4.65. The maximum atomic E-state index is 11.9. The van der Waals surface area contributed by atoms with Crippen molar-refractivity contribution >= 4 is 17.9 Å². The van der Waals surface area contributed by atoms with Gasteiger partial charge in [-0.3, -0.25) is 9.59 Å². The molecule has 146 valence electrons. The van der Waals surface area contributed by atoms with Crippen molar-refractivity contribution in [1.82, 2.24) is 10.6 Å². The van der Waals surface area contributed by atoms with Crippen molar-refractivity contribution in [2.75, 3.05) is 20.3 Å². The van der Waals surface area contributed by atoms with Crippen molar-refractivity contribution in [3.63, 3.8) is 0 Å². The minimum absolute atomic E-state index is 0.0896. The molecule has 2 rings (SSSR count). The minimum Gasteiger partial charge on any atom is -0.493 e. The highest BCUT2D eigenvalue weighted by molar-refractivity contribution is 5.94. The number of hydrogen-bond donors (Lipinski definition) is 2. The van der Waals surface area contributed by atoms with E-state index in [-0.39, 0.29) is 18.4 Å². The van der Waals surface area contributed by atoms with Gasteiger partial charge in [0.2, 0.25) is 11.8 Å². The molecule has 0 radical (unpaired) electrons. The molecule has 0 aromatic heterocycles. The van der Waals surface area contributed by atoms with E-state index in [1.165, 1.54) is 6.08 Å². The van der Waals surface area contributed by atoms with E-state index in [1.54, 1.807) is 37.5 Å². The van der Waals surface area contributed by atoms with E-state index < -0.39 is 0 Å². The molecule has 6 heteroatoms. The van der Waals surface area contributed by atoms with Crippen molar-refractivity contribution in [3.05, 3.63) is 78.4 Å². The number of amides is 2. The van der Waals surface area contributed by atoms with Gasteiger partial charge in [0.05, 0.1) is 13.7 Å². The quantitative estimate of drug-likeness (QED) is 0.491. The smallest absolute Gasteiger partial charge is 0.244 e. The second-order valence-corrected chi connectivity index (χ2v) is 5.82. The molecule has 0 aliphatic rings.